The zero-order valence-electron chi connectivity index (χ0n) is 17.3. The Balaban J connectivity index is 1.30. The van der Waals surface area contributed by atoms with Crippen molar-refractivity contribution in [2.45, 2.75) is 13.5 Å². The van der Waals surface area contributed by atoms with Crippen molar-refractivity contribution in [2.75, 3.05) is 5.32 Å². The molecule has 0 radical (unpaired) electrons. The molecule has 4 nitrogen and oxygen atoms in total. The van der Waals surface area contributed by atoms with Crippen LogP contribution in [0.2, 0.25) is 0 Å². The number of benzene rings is 3. The molecule has 0 saturated heterocycles. The Labute approximate surface area is 181 Å². The van der Waals surface area contributed by atoms with Crippen LogP contribution in [0.5, 0.6) is 0 Å². The summed E-state index contributed by atoms with van der Waals surface area (Å²) in [5.41, 5.74) is 6.58. The van der Waals surface area contributed by atoms with Crippen LogP contribution in [-0.4, -0.2) is 15.0 Å². The van der Waals surface area contributed by atoms with Gasteiger partial charge in [0.1, 0.15) is 12.1 Å². The predicted molar refractivity (Wildman–Crippen MR) is 127 cm³/mol. The Morgan fingerprint density at radius 1 is 0.677 bits per heavy atom. The summed E-state index contributed by atoms with van der Waals surface area (Å²) in [5.74, 6) is 0.812. The van der Waals surface area contributed by atoms with E-state index in [-0.39, 0.29) is 0 Å². The third-order valence-electron chi connectivity index (χ3n) is 5.37. The van der Waals surface area contributed by atoms with Crippen LogP contribution < -0.4 is 5.32 Å². The average Bonchev–Trinajstić information content (AvgIpc) is 2.83. The van der Waals surface area contributed by atoms with Crippen LogP contribution in [-0.2, 0) is 6.54 Å². The van der Waals surface area contributed by atoms with Crippen molar-refractivity contribution in [3.63, 3.8) is 0 Å². The van der Waals surface area contributed by atoms with Crippen molar-refractivity contribution in [3.8, 4) is 22.4 Å². The second-order valence-electron chi connectivity index (χ2n) is 7.59. The van der Waals surface area contributed by atoms with Crippen LogP contribution in [0.1, 0.15) is 11.3 Å². The van der Waals surface area contributed by atoms with E-state index in [1.165, 1.54) is 27.5 Å². The van der Waals surface area contributed by atoms with E-state index in [0.29, 0.717) is 6.54 Å². The molecular weight excluding hydrogens is 380 g/mol. The molecule has 2 aromatic heterocycles. The molecule has 31 heavy (non-hydrogen) atoms. The molecule has 0 unspecified atom stereocenters. The Hall–Kier alpha value is -4.05. The van der Waals surface area contributed by atoms with Gasteiger partial charge in [-0.2, -0.15) is 0 Å². The van der Waals surface area contributed by atoms with E-state index in [0.717, 1.165) is 22.8 Å². The van der Waals surface area contributed by atoms with Gasteiger partial charge in [-0.3, -0.25) is 4.98 Å². The first kappa shape index (κ1) is 18.9. The second kappa shape index (κ2) is 8.36. The zero-order valence-corrected chi connectivity index (χ0v) is 17.3. The van der Waals surface area contributed by atoms with Crippen molar-refractivity contribution in [2.24, 2.45) is 0 Å². The molecule has 0 aliphatic rings. The summed E-state index contributed by atoms with van der Waals surface area (Å²) >= 11 is 0. The van der Waals surface area contributed by atoms with E-state index in [1.807, 2.05) is 25.3 Å². The molecule has 150 valence electrons. The van der Waals surface area contributed by atoms with Gasteiger partial charge in [-0.05, 0) is 52.6 Å². The zero-order chi connectivity index (χ0) is 21.0. The maximum atomic E-state index is 4.47. The minimum atomic E-state index is 0.698. The van der Waals surface area contributed by atoms with Gasteiger partial charge in [0.2, 0.25) is 0 Å². The van der Waals surface area contributed by atoms with Crippen LogP contribution in [0.15, 0.2) is 97.5 Å². The smallest absolute Gasteiger partial charge is 0.130 e. The van der Waals surface area contributed by atoms with Crippen LogP contribution >= 0.6 is 0 Å². The monoisotopic (exact) mass is 402 g/mol. The predicted octanol–water partition coefficient (Wildman–Crippen LogP) is 6.28. The fraction of sp³-hybridized carbons (Fsp3) is 0.0741. The van der Waals surface area contributed by atoms with Crippen molar-refractivity contribution >= 4 is 16.6 Å². The van der Waals surface area contributed by atoms with Crippen molar-refractivity contribution in [1.29, 1.82) is 0 Å². The Morgan fingerprint density at radius 3 is 2.32 bits per heavy atom. The number of hydrogen-bond donors (Lipinski definition) is 1. The molecule has 0 atom stereocenters. The van der Waals surface area contributed by atoms with E-state index in [1.54, 1.807) is 6.33 Å². The number of nitrogens with one attached hydrogen (secondary N) is 1. The maximum absolute atomic E-state index is 4.47. The molecule has 3 aromatic carbocycles. The van der Waals surface area contributed by atoms with Gasteiger partial charge >= 0.3 is 0 Å². The minimum Gasteiger partial charge on any atom is -0.366 e. The van der Waals surface area contributed by atoms with E-state index < -0.39 is 0 Å². The van der Waals surface area contributed by atoms with Gasteiger partial charge in [-0.15, -0.1) is 0 Å². The molecular formula is C27H22N4. The van der Waals surface area contributed by atoms with Crippen LogP contribution in [0.3, 0.4) is 0 Å². The van der Waals surface area contributed by atoms with E-state index in [4.69, 9.17) is 0 Å². The molecule has 5 rings (SSSR count). The van der Waals surface area contributed by atoms with Crippen LogP contribution in [0.4, 0.5) is 5.82 Å². The quantitative estimate of drug-likeness (QED) is 0.376. The highest BCUT2D eigenvalue weighted by Crippen LogP contribution is 2.24. The van der Waals surface area contributed by atoms with Crippen molar-refractivity contribution < 1.29 is 0 Å². The third kappa shape index (κ3) is 4.28. The molecule has 0 saturated carbocycles. The van der Waals surface area contributed by atoms with Gasteiger partial charge in [0, 0.05) is 30.1 Å². The van der Waals surface area contributed by atoms with Gasteiger partial charge in [0.25, 0.3) is 0 Å². The van der Waals surface area contributed by atoms with E-state index in [9.17, 15) is 0 Å². The van der Waals surface area contributed by atoms with Crippen LogP contribution in [0.25, 0.3) is 33.2 Å². The first-order valence-electron chi connectivity index (χ1n) is 10.3. The average molecular weight is 403 g/mol. The number of aromatic nitrogens is 3. The van der Waals surface area contributed by atoms with Gasteiger partial charge < -0.3 is 5.32 Å². The first-order valence-corrected chi connectivity index (χ1v) is 10.3. The van der Waals surface area contributed by atoms with Crippen LogP contribution in [0, 0.1) is 6.92 Å². The van der Waals surface area contributed by atoms with Gasteiger partial charge in [0.15, 0.2) is 0 Å². The summed E-state index contributed by atoms with van der Waals surface area (Å²) in [7, 11) is 0. The standard InChI is InChI=1S/C27H22N4/c1-19-14-24(12-13-28-19)22-8-6-20(7-9-22)17-29-27-16-26(30-18-31-27)25-11-10-21-4-2-3-5-23(21)15-25/h2-16,18H,17H2,1H3,(H,29,30,31). The maximum Gasteiger partial charge on any atom is 0.130 e. The number of fused-ring (bicyclic) bond motifs is 1. The molecule has 0 bridgehead atoms. The van der Waals surface area contributed by atoms with Crippen molar-refractivity contribution in [1.82, 2.24) is 15.0 Å². The highest BCUT2D eigenvalue weighted by molar-refractivity contribution is 5.86. The lowest BCUT2D eigenvalue weighted by atomic mass is 10.0. The largest absolute Gasteiger partial charge is 0.366 e. The Bertz CT molecular complexity index is 1340. The lowest BCUT2D eigenvalue weighted by molar-refractivity contribution is 1.08. The molecule has 0 aliphatic carbocycles. The molecule has 2 heterocycles. The van der Waals surface area contributed by atoms with Gasteiger partial charge in [-0.25, -0.2) is 9.97 Å². The molecule has 5 aromatic rings. The SMILES string of the molecule is Cc1cc(-c2ccc(CNc3cc(-c4ccc5ccccc5c4)ncn3)cc2)ccn1. The van der Waals surface area contributed by atoms with Gasteiger partial charge in [-0.1, -0.05) is 60.7 Å². The number of aryl methyl sites for hydroxylation is 1. The number of nitrogens with zero attached hydrogens (tertiary/aromatic N) is 3. The molecule has 0 amide bonds. The molecule has 0 spiro atoms. The third-order valence-corrected chi connectivity index (χ3v) is 5.37. The summed E-state index contributed by atoms with van der Waals surface area (Å²) in [5, 5.41) is 5.85. The lowest BCUT2D eigenvalue weighted by Gasteiger charge is -2.09. The Morgan fingerprint density at radius 2 is 1.48 bits per heavy atom. The summed E-state index contributed by atoms with van der Waals surface area (Å²) in [6, 6.07) is 29.5. The number of pyridine rings is 1. The number of hydrogen-bond acceptors (Lipinski definition) is 4. The number of rotatable bonds is 5. The highest BCUT2D eigenvalue weighted by Gasteiger charge is 2.04. The van der Waals surface area contributed by atoms with E-state index in [2.05, 4.69) is 93.1 Å². The Kier molecular flexibility index (Phi) is 5.11. The fourth-order valence-electron chi connectivity index (χ4n) is 3.69. The van der Waals surface area contributed by atoms with E-state index >= 15 is 0 Å². The molecule has 0 fully saturated rings. The summed E-state index contributed by atoms with van der Waals surface area (Å²) in [6.45, 7) is 2.71. The van der Waals surface area contributed by atoms with Gasteiger partial charge in [0.05, 0.1) is 5.69 Å². The lowest BCUT2D eigenvalue weighted by Crippen LogP contribution is -2.02. The highest BCUT2D eigenvalue weighted by atomic mass is 15.0. The van der Waals surface area contributed by atoms with Crippen molar-refractivity contribution in [3.05, 3.63) is 109 Å². The molecule has 0 aliphatic heterocycles. The number of anilines is 1. The normalized spacial score (nSPS) is 10.9. The summed E-state index contributed by atoms with van der Waals surface area (Å²) in [6.07, 6.45) is 3.46. The summed E-state index contributed by atoms with van der Waals surface area (Å²) < 4.78 is 0. The molecule has 4 heteroatoms. The first-order chi connectivity index (χ1) is 15.2. The second-order valence-corrected chi connectivity index (χ2v) is 7.59. The topological polar surface area (TPSA) is 50.7 Å². The fourth-order valence-corrected chi connectivity index (χ4v) is 3.69. The summed E-state index contributed by atoms with van der Waals surface area (Å²) in [4.78, 5) is 13.1. The minimum absolute atomic E-state index is 0.698. The molecule has 1 N–H and O–H groups in total.